The highest BCUT2D eigenvalue weighted by molar-refractivity contribution is 5.95. The van der Waals surface area contributed by atoms with Gasteiger partial charge < -0.3 is 9.47 Å². The Morgan fingerprint density at radius 2 is 1.30 bits per heavy atom. The van der Waals surface area contributed by atoms with Gasteiger partial charge in [-0.15, -0.1) is 0 Å². The minimum absolute atomic E-state index is 0.294. The summed E-state index contributed by atoms with van der Waals surface area (Å²) in [5, 5.41) is 4.06. The summed E-state index contributed by atoms with van der Waals surface area (Å²) in [6.07, 6.45) is 1.59. The molecule has 5 heteroatoms. The maximum atomic E-state index is 12.4. The molecule has 0 saturated heterocycles. The van der Waals surface area contributed by atoms with Crippen LogP contribution in [0.2, 0.25) is 0 Å². The minimum Gasteiger partial charge on any atom is -0.489 e. The molecule has 0 saturated carbocycles. The number of carbonyl (C=O) groups excluding carboxylic acids is 1. The van der Waals surface area contributed by atoms with Crippen molar-refractivity contribution in [1.29, 1.82) is 0 Å². The first kappa shape index (κ1) is 21.8. The van der Waals surface area contributed by atoms with Gasteiger partial charge in [0.25, 0.3) is 5.91 Å². The van der Waals surface area contributed by atoms with E-state index in [1.165, 1.54) is 0 Å². The van der Waals surface area contributed by atoms with Crippen molar-refractivity contribution in [2.24, 2.45) is 5.10 Å². The van der Waals surface area contributed by atoms with Crippen molar-refractivity contribution < 1.29 is 14.3 Å². The summed E-state index contributed by atoms with van der Waals surface area (Å²) >= 11 is 0. The second-order valence-corrected chi connectivity index (χ2v) is 7.34. The van der Waals surface area contributed by atoms with Gasteiger partial charge >= 0.3 is 0 Å². The van der Waals surface area contributed by atoms with E-state index in [0.717, 1.165) is 22.4 Å². The van der Waals surface area contributed by atoms with Crippen molar-refractivity contribution in [2.75, 3.05) is 0 Å². The van der Waals surface area contributed by atoms with E-state index < -0.39 is 0 Å². The molecule has 0 bridgehead atoms. The van der Waals surface area contributed by atoms with Crippen LogP contribution in [0.4, 0.5) is 0 Å². The first-order valence-corrected chi connectivity index (χ1v) is 10.6. The second kappa shape index (κ2) is 11.3. The van der Waals surface area contributed by atoms with Crippen molar-refractivity contribution in [3.63, 3.8) is 0 Å². The normalized spacial score (nSPS) is 10.7. The number of rotatable bonds is 9. The van der Waals surface area contributed by atoms with Gasteiger partial charge in [-0.1, -0.05) is 72.8 Å². The molecular weight excluding hydrogens is 412 g/mol. The largest absolute Gasteiger partial charge is 0.489 e. The minimum atomic E-state index is -0.294. The molecule has 0 aromatic heterocycles. The van der Waals surface area contributed by atoms with E-state index in [1.54, 1.807) is 30.5 Å². The summed E-state index contributed by atoms with van der Waals surface area (Å²) in [5.41, 5.74) is 6.06. The molecule has 33 heavy (non-hydrogen) atoms. The molecule has 0 aliphatic carbocycles. The highest BCUT2D eigenvalue weighted by Gasteiger charge is 2.05. The molecule has 1 N–H and O–H groups in total. The van der Waals surface area contributed by atoms with E-state index in [1.807, 2.05) is 84.9 Å². The van der Waals surface area contributed by atoms with E-state index in [-0.39, 0.29) is 5.91 Å². The maximum Gasteiger partial charge on any atom is 0.271 e. The number of hydrogen-bond donors (Lipinski definition) is 1. The number of nitrogens with zero attached hydrogens (tertiary/aromatic N) is 1. The van der Waals surface area contributed by atoms with Crippen LogP contribution in [-0.4, -0.2) is 12.1 Å². The van der Waals surface area contributed by atoms with Crippen molar-refractivity contribution in [3.8, 4) is 11.5 Å². The van der Waals surface area contributed by atoms with Crippen molar-refractivity contribution in [2.45, 2.75) is 13.2 Å². The van der Waals surface area contributed by atoms with Crippen LogP contribution >= 0.6 is 0 Å². The quantitative estimate of drug-likeness (QED) is 0.274. The van der Waals surface area contributed by atoms with E-state index in [4.69, 9.17) is 9.47 Å². The molecule has 0 unspecified atom stereocenters. The number of ether oxygens (including phenoxy) is 2. The molecule has 164 valence electrons. The molecule has 0 fully saturated rings. The van der Waals surface area contributed by atoms with Crippen LogP contribution in [0.15, 0.2) is 114 Å². The first-order valence-electron chi connectivity index (χ1n) is 10.6. The van der Waals surface area contributed by atoms with Crippen LogP contribution in [0.3, 0.4) is 0 Å². The van der Waals surface area contributed by atoms with Crippen LogP contribution in [0.1, 0.15) is 27.0 Å². The van der Waals surface area contributed by atoms with E-state index in [9.17, 15) is 4.79 Å². The van der Waals surface area contributed by atoms with Crippen LogP contribution in [0, 0.1) is 0 Å². The number of hydrogen-bond acceptors (Lipinski definition) is 4. The second-order valence-electron chi connectivity index (χ2n) is 7.34. The SMILES string of the molecule is O=C(N/N=C\c1cccc(OCc2ccccc2)c1)c1ccc(OCc2ccccc2)cc1. The van der Waals surface area contributed by atoms with Gasteiger partial charge in [0.1, 0.15) is 24.7 Å². The van der Waals surface area contributed by atoms with Crippen molar-refractivity contribution in [1.82, 2.24) is 5.43 Å². The number of amides is 1. The van der Waals surface area contributed by atoms with Crippen LogP contribution in [-0.2, 0) is 13.2 Å². The molecule has 4 aromatic carbocycles. The van der Waals surface area contributed by atoms with Gasteiger partial charge in [-0.2, -0.15) is 5.10 Å². The zero-order chi connectivity index (χ0) is 22.7. The van der Waals surface area contributed by atoms with Gasteiger partial charge in [-0.3, -0.25) is 4.79 Å². The van der Waals surface area contributed by atoms with Crippen LogP contribution in [0.5, 0.6) is 11.5 Å². The molecule has 0 radical (unpaired) electrons. The monoisotopic (exact) mass is 436 g/mol. The average Bonchev–Trinajstić information content (AvgIpc) is 2.88. The van der Waals surface area contributed by atoms with Crippen molar-refractivity contribution >= 4 is 12.1 Å². The summed E-state index contributed by atoms with van der Waals surface area (Å²) in [5.74, 6) is 1.14. The van der Waals surface area contributed by atoms with Gasteiger partial charge in [-0.05, 0) is 53.1 Å². The number of carbonyl (C=O) groups is 1. The molecule has 1 amide bonds. The standard InChI is InChI=1S/C28H24N2O3/c31-28(25-14-16-26(17-15-25)32-20-22-8-3-1-4-9-22)30-29-19-24-12-7-13-27(18-24)33-21-23-10-5-2-6-11-23/h1-19H,20-21H2,(H,30,31)/b29-19-. The lowest BCUT2D eigenvalue weighted by atomic mass is 10.2. The third kappa shape index (κ3) is 6.80. The lowest BCUT2D eigenvalue weighted by molar-refractivity contribution is 0.0955. The molecule has 4 rings (SSSR count). The summed E-state index contributed by atoms with van der Waals surface area (Å²) in [6, 6.07) is 34.4. The smallest absolute Gasteiger partial charge is 0.271 e. The topological polar surface area (TPSA) is 59.9 Å². The molecule has 0 aliphatic heterocycles. The third-order valence-corrected chi connectivity index (χ3v) is 4.85. The Kier molecular flexibility index (Phi) is 7.48. The molecule has 0 aliphatic rings. The van der Waals surface area contributed by atoms with Crippen LogP contribution < -0.4 is 14.9 Å². The Labute approximate surface area is 193 Å². The Bertz CT molecular complexity index is 1190. The Hall–Kier alpha value is -4.38. The lowest BCUT2D eigenvalue weighted by Gasteiger charge is -2.07. The maximum absolute atomic E-state index is 12.4. The number of benzene rings is 4. The summed E-state index contributed by atoms with van der Waals surface area (Å²) in [4.78, 5) is 12.4. The van der Waals surface area contributed by atoms with Gasteiger partial charge in [-0.25, -0.2) is 5.43 Å². The van der Waals surface area contributed by atoms with Gasteiger partial charge in [0, 0.05) is 5.56 Å². The van der Waals surface area contributed by atoms with E-state index in [2.05, 4.69) is 10.5 Å². The molecular formula is C28H24N2O3. The predicted octanol–water partition coefficient (Wildman–Crippen LogP) is 5.61. The van der Waals surface area contributed by atoms with Gasteiger partial charge in [0.05, 0.1) is 6.21 Å². The fourth-order valence-electron chi connectivity index (χ4n) is 3.10. The molecule has 5 nitrogen and oxygen atoms in total. The molecule has 0 atom stereocenters. The Morgan fingerprint density at radius 1 is 0.697 bits per heavy atom. The fraction of sp³-hybridized carbons (Fsp3) is 0.0714. The highest BCUT2D eigenvalue weighted by Crippen LogP contribution is 2.15. The molecule has 4 aromatic rings. The highest BCUT2D eigenvalue weighted by atomic mass is 16.5. The Balaban J connectivity index is 1.27. The number of nitrogens with one attached hydrogen (secondary N) is 1. The average molecular weight is 437 g/mol. The van der Waals surface area contributed by atoms with Crippen LogP contribution in [0.25, 0.3) is 0 Å². The zero-order valence-corrected chi connectivity index (χ0v) is 18.1. The predicted molar refractivity (Wildman–Crippen MR) is 129 cm³/mol. The lowest BCUT2D eigenvalue weighted by Crippen LogP contribution is -2.17. The molecule has 0 heterocycles. The van der Waals surface area contributed by atoms with Crippen molar-refractivity contribution in [3.05, 3.63) is 131 Å². The Morgan fingerprint density at radius 3 is 1.94 bits per heavy atom. The van der Waals surface area contributed by atoms with E-state index >= 15 is 0 Å². The third-order valence-electron chi connectivity index (χ3n) is 4.85. The summed E-state index contributed by atoms with van der Waals surface area (Å²) in [7, 11) is 0. The van der Waals surface area contributed by atoms with Gasteiger partial charge in [0.15, 0.2) is 0 Å². The molecule has 0 spiro atoms. The van der Waals surface area contributed by atoms with Gasteiger partial charge in [0.2, 0.25) is 0 Å². The zero-order valence-electron chi connectivity index (χ0n) is 18.1. The summed E-state index contributed by atoms with van der Waals surface area (Å²) in [6.45, 7) is 0.966. The van der Waals surface area contributed by atoms with E-state index in [0.29, 0.717) is 24.5 Å². The fourth-order valence-corrected chi connectivity index (χ4v) is 3.10. The number of hydrazone groups is 1. The first-order chi connectivity index (χ1) is 16.3. The summed E-state index contributed by atoms with van der Waals surface area (Å²) < 4.78 is 11.6.